The van der Waals surface area contributed by atoms with Crippen LogP contribution in [-0.2, 0) is 4.74 Å². The number of allylic oxidation sites excluding steroid dienone is 1. The Bertz CT molecular complexity index is 548. The lowest BCUT2D eigenvalue weighted by molar-refractivity contribution is -0.225. The number of rotatable bonds is 0. The van der Waals surface area contributed by atoms with Gasteiger partial charge in [-0.25, -0.2) is 0 Å². The van der Waals surface area contributed by atoms with E-state index in [0.717, 1.165) is 37.2 Å². The van der Waals surface area contributed by atoms with Gasteiger partial charge in [-0.1, -0.05) is 25.5 Å². The molecule has 128 valence electrons. The predicted molar refractivity (Wildman–Crippen MR) is 91.0 cm³/mol. The molecule has 2 nitrogen and oxygen atoms in total. The van der Waals surface area contributed by atoms with Crippen molar-refractivity contribution in [3.05, 3.63) is 11.6 Å². The van der Waals surface area contributed by atoms with Gasteiger partial charge in [0.2, 0.25) is 0 Å². The highest BCUT2D eigenvalue weighted by molar-refractivity contribution is 5.26. The molecular weight excluding hydrogens is 284 g/mol. The lowest BCUT2D eigenvalue weighted by atomic mass is 9.46. The summed E-state index contributed by atoms with van der Waals surface area (Å²) in [6.45, 7) is 6.08. The molecule has 0 bridgehead atoms. The average molecular weight is 316 g/mol. The molecule has 0 amide bonds. The van der Waals surface area contributed by atoms with E-state index in [1.54, 1.807) is 5.57 Å². The first-order chi connectivity index (χ1) is 11.0. The number of aliphatic hydroxyl groups is 1. The standard InChI is InChI=1S/C21H32O2/c1-19-8-5-15(22)13-14(19)3-4-16-17(19)6-9-20(2)18(16)7-10-21(20)11-12-23-21/h3,15-18,22H,4-13H2,1-2H3/t15-,16-,17+,18-,19-,20-,21+/m0/s1. The van der Waals surface area contributed by atoms with Gasteiger partial charge < -0.3 is 9.84 Å². The van der Waals surface area contributed by atoms with Crippen LogP contribution >= 0.6 is 0 Å². The van der Waals surface area contributed by atoms with Crippen LogP contribution in [0.3, 0.4) is 0 Å². The van der Waals surface area contributed by atoms with E-state index < -0.39 is 0 Å². The fourth-order valence-corrected chi connectivity index (χ4v) is 7.73. The molecule has 2 heteroatoms. The molecule has 5 rings (SSSR count). The number of fused-ring (bicyclic) bond motifs is 6. The Morgan fingerprint density at radius 1 is 1.04 bits per heavy atom. The van der Waals surface area contributed by atoms with Crippen molar-refractivity contribution in [2.45, 2.75) is 83.3 Å². The van der Waals surface area contributed by atoms with Crippen molar-refractivity contribution in [2.24, 2.45) is 28.6 Å². The molecule has 4 fully saturated rings. The minimum Gasteiger partial charge on any atom is -0.393 e. The molecule has 0 radical (unpaired) electrons. The minimum absolute atomic E-state index is 0.0853. The monoisotopic (exact) mass is 316 g/mol. The summed E-state index contributed by atoms with van der Waals surface area (Å²) in [5.41, 5.74) is 2.65. The third-order valence-corrected chi connectivity index (χ3v) is 9.25. The smallest absolute Gasteiger partial charge is 0.0760 e. The maximum atomic E-state index is 10.1. The Balaban J connectivity index is 1.49. The fourth-order valence-electron chi connectivity index (χ4n) is 7.73. The van der Waals surface area contributed by atoms with E-state index in [1.165, 1.54) is 44.9 Å². The first-order valence-corrected chi connectivity index (χ1v) is 10.0. The summed E-state index contributed by atoms with van der Waals surface area (Å²) in [5.74, 6) is 2.58. The summed E-state index contributed by atoms with van der Waals surface area (Å²) >= 11 is 0. The number of hydrogen-bond acceptors (Lipinski definition) is 2. The third kappa shape index (κ3) is 1.73. The van der Waals surface area contributed by atoms with Gasteiger partial charge in [-0.2, -0.15) is 0 Å². The maximum Gasteiger partial charge on any atom is 0.0760 e. The van der Waals surface area contributed by atoms with Gasteiger partial charge in [-0.05, 0) is 80.0 Å². The van der Waals surface area contributed by atoms with E-state index >= 15 is 0 Å². The van der Waals surface area contributed by atoms with E-state index in [2.05, 4.69) is 19.9 Å². The van der Waals surface area contributed by atoms with Crippen molar-refractivity contribution in [3.63, 3.8) is 0 Å². The van der Waals surface area contributed by atoms with Crippen LogP contribution in [0.4, 0.5) is 0 Å². The summed E-state index contributed by atoms with van der Waals surface area (Å²) in [6.07, 6.45) is 13.6. The molecule has 4 aliphatic carbocycles. The summed E-state index contributed by atoms with van der Waals surface area (Å²) in [7, 11) is 0. The Morgan fingerprint density at radius 3 is 2.57 bits per heavy atom. The average Bonchev–Trinajstić information content (AvgIpc) is 2.81. The molecule has 7 atom stereocenters. The van der Waals surface area contributed by atoms with E-state index in [9.17, 15) is 5.11 Å². The highest BCUT2D eigenvalue weighted by atomic mass is 16.5. The van der Waals surface area contributed by atoms with Gasteiger partial charge in [0.05, 0.1) is 18.3 Å². The molecule has 1 saturated heterocycles. The van der Waals surface area contributed by atoms with Crippen LogP contribution in [0, 0.1) is 28.6 Å². The minimum atomic E-state index is -0.0853. The molecule has 23 heavy (non-hydrogen) atoms. The predicted octanol–water partition coefficient (Wildman–Crippen LogP) is 4.47. The molecule has 0 unspecified atom stereocenters. The second kappa shape index (κ2) is 4.64. The zero-order valence-electron chi connectivity index (χ0n) is 14.8. The van der Waals surface area contributed by atoms with Crippen molar-refractivity contribution in [1.82, 2.24) is 0 Å². The van der Waals surface area contributed by atoms with Crippen LogP contribution < -0.4 is 0 Å². The highest BCUT2D eigenvalue weighted by Crippen LogP contribution is 2.69. The van der Waals surface area contributed by atoms with Gasteiger partial charge in [-0.15, -0.1) is 0 Å². The summed E-state index contributed by atoms with van der Waals surface area (Å²) in [6, 6.07) is 0. The Morgan fingerprint density at radius 2 is 1.83 bits per heavy atom. The largest absolute Gasteiger partial charge is 0.393 e. The second-order valence-corrected chi connectivity index (χ2v) is 9.74. The number of aliphatic hydroxyl groups excluding tert-OH is 1. The van der Waals surface area contributed by atoms with Crippen molar-refractivity contribution in [1.29, 1.82) is 0 Å². The van der Waals surface area contributed by atoms with E-state index in [-0.39, 0.29) is 11.7 Å². The highest BCUT2D eigenvalue weighted by Gasteiger charge is 2.66. The zero-order valence-corrected chi connectivity index (χ0v) is 14.8. The van der Waals surface area contributed by atoms with Crippen LogP contribution in [0.2, 0.25) is 0 Å². The van der Waals surface area contributed by atoms with Gasteiger partial charge in [0.15, 0.2) is 0 Å². The molecular formula is C21H32O2. The quantitative estimate of drug-likeness (QED) is 0.668. The van der Waals surface area contributed by atoms with Crippen molar-refractivity contribution < 1.29 is 9.84 Å². The zero-order chi connectivity index (χ0) is 15.9. The summed E-state index contributed by atoms with van der Waals surface area (Å²) in [5, 5.41) is 10.1. The van der Waals surface area contributed by atoms with Gasteiger partial charge >= 0.3 is 0 Å². The second-order valence-electron chi connectivity index (χ2n) is 9.74. The molecule has 1 spiro atoms. The van der Waals surface area contributed by atoms with E-state index in [1.807, 2.05) is 0 Å². The lowest BCUT2D eigenvalue weighted by Crippen LogP contribution is -2.59. The molecule has 1 N–H and O–H groups in total. The fraction of sp³-hybridized carbons (Fsp3) is 0.905. The molecule has 3 saturated carbocycles. The summed E-state index contributed by atoms with van der Waals surface area (Å²) < 4.78 is 6.23. The van der Waals surface area contributed by atoms with Crippen LogP contribution in [0.5, 0.6) is 0 Å². The van der Waals surface area contributed by atoms with Crippen LogP contribution in [0.1, 0.15) is 71.6 Å². The maximum absolute atomic E-state index is 10.1. The van der Waals surface area contributed by atoms with Gasteiger partial charge in [0.1, 0.15) is 0 Å². The molecule has 0 aromatic rings. The third-order valence-electron chi connectivity index (χ3n) is 9.25. The summed E-state index contributed by atoms with van der Waals surface area (Å²) in [4.78, 5) is 0. The van der Waals surface area contributed by atoms with Crippen molar-refractivity contribution in [3.8, 4) is 0 Å². The van der Waals surface area contributed by atoms with Crippen LogP contribution in [0.25, 0.3) is 0 Å². The van der Waals surface area contributed by atoms with Crippen LogP contribution in [-0.4, -0.2) is 23.4 Å². The van der Waals surface area contributed by atoms with Crippen molar-refractivity contribution >= 4 is 0 Å². The van der Waals surface area contributed by atoms with Gasteiger partial charge in [0.25, 0.3) is 0 Å². The molecule has 1 heterocycles. The SMILES string of the molecule is C[C@]12CC[C@H](O)CC1=CC[C@H]1[C@H]2CC[C@@]2(C)[C@H]1CC[C@@]21CCO1. The van der Waals surface area contributed by atoms with Crippen molar-refractivity contribution in [2.75, 3.05) is 6.61 Å². The first kappa shape index (κ1) is 15.0. The topological polar surface area (TPSA) is 29.5 Å². The van der Waals surface area contributed by atoms with Gasteiger partial charge in [-0.3, -0.25) is 0 Å². The normalized spacial score (nSPS) is 58.0. The number of hydrogen-bond donors (Lipinski definition) is 1. The Hall–Kier alpha value is -0.340. The number of ether oxygens (including phenoxy) is 1. The van der Waals surface area contributed by atoms with E-state index in [0.29, 0.717) is 10.8 Å². The lowest BCUT2D eigenvalue weighted by Gasteiger charge is -2.61. The first-order valence-electron chi connectivity index (χ1n) is 10.0. The molecule has 1 aliphatic heterocycles. The Kier molecular flexibility index (Phi) is 3.01. The molecule has 5 aliphatic rings. The molecule has 0 aromatic heterocycles. The van der Waals surface area contributed by atoms with Gasteiger partial charge in [0, 0.05) is 6.42 Å². The Labute approximate surface area is 140 Å². The van der Waals surface area contributed by atoms with Crippen LogP contribution in [0.15, 0.2) is 11.6 Å². The molecule has 0 aromatic carbocycles. The van der Waals surface area contributed by atoms with E-state index in [4.69, 9.17) is 4.74 Å².